The Morgan fingerprint density at radius 1 is 1.33 bits per heavy atom. The third kappa shape index (κ3) is 2.25. The van der Waals surface area contributed by atoms with E-state index in [-0.39, 0.29) is 17.2 Å². The lowest BCUT2D eigenvalue weighted by molar-refractivity contribution is -0.384. The van der Waals surface area contributed by atoms with Gasteiger partial charge >= 0.3 is 5.97 Å². The molecule has 0 bridgehead atoms. The third-order valence-corrected chi connectivity index (χ3v) is 2.93. The Balaban J connectivity index is 2.51. The van der Waals surface area contributed by atoms with Crippen molar-refractivity contribution in [1.82, 2.24) is 0 Å². The van der Waals surface area contributed by atoms with E-state index in [0.29, 0.717) is 10.0 Å². The highest BCUT2D eigenvalue weighted by atomic mass is 79.9. The van der Waals surface area contributed by atoms with Crippen LogP contribution in [0.5, 0.6) is 0 Å². The van der Waals surface area contributed by atoms with Crippen molar-refractivity contribution in [2.45, 2.75) is 0 Å². The SMILES string of the molecule is O=C(O)c1ccc(-c2cc([N+](=O)[O-])ccc2Br)o1. The summed E-state index contributed by atoms with van der Waals surface area (Å²) in [6.45, 7) is 0. The van der Waals surface area contributed by atoms with Gasteiger partial charge in [0.25, 0.3) is 5.69 Å². The number of rotatable bonds is 3. The summed E-state index contributed by atoms with van der Waals surface area (Å²) in [4.78, 5) is 20.8. The number of hydrogen-bond donors (Lipinski definition) is 1. The molecule has 2 aromatic rings. The number of furan rings is 1. The number of carboxylic acid groups (broad SMARTS) is 1. The molecule has 0 spiro atoms. The predicted octanol–water partition coefficient (Wildman–Crippen LogP) is 3.32. The molecule has 0 saturated carbocycles. The molecule has 0 saturated heterocycles. The zero-order valence-electron chi connectivity index (χ0n) is 8.79. The molecule has 0 radical (unpaired) electrons. The minimum absolute atomic E-state index is 0.0959. The number of carbonyl (C=O) groups is 1. The van der Waals surface area contributed by atoms with Crippen molar-refractivity contribution < 1.29 is 19.2 Å². The summed E-state index contributed by atoms with van der Waals surface area (Å²) in [5.74, 6) is -1.16. The van der Waals surface area contributed by atoms with Crippen LogP contribution in [0.4, 0.5) is 5.69 Å². The van der Waals surface area contributed by atoms with Gasteiger partial charge in [-0.1, -0.05) is 15.9 Å². The van der Waals surface area contributed by atoms with Gasteiger partial charge in [-0.2, -0.15) is 0 Å². The first-order chi connectivity index (χ1) is 8.49. The Morgan fingerprint density at radius 2 is 2.06 bits per heavy atom. The third-order valence-electron chi connectivity index (χ3n) is 2.24. The van der Waals surface area contributed by atoms with E-state index >= 15 is 0 Å². The smallest absolute Gasteiger partial charge is 0.371 e. The molecule has 1 aromatic heterocycles. The number of hydrogen-bond acceptors (Lipinski definition) is 4. The normalized spacial score (nSPS) is 10.3. The summed E-state index contributed by atoms with van der Waals surface area (Å²) in [6.07, 6.45) is 0. The Morgan fingerprint density at radius 3 is 2.61 bits per heavy atom. The highest BCUT2D eigenvalue weighted by Crippen LogP contribution is 2.32. The van der Waals surface area contributed by atoms with E-state index in [2.05, 4.69) is 15.9 Å². The summed E-state index contributed by atoms with van der Waals surface area (Å²) in [6, 6.07) is 6.91. The van der Waals surface area contributed by atoms with Crippen LogP contribution >= 0.6 is 15.9 Å². The molecular formula is C11H6BrNO5. The van der Waals surface area contributed by atoms with Crippen LogP contribution in [0, 0.1) is 10.1 Å². The van der Waals surface area contributed by atoms with Gasteiger partial charge in [-0.3, -0.25) is 10.1 Å². The van der Waals surface area contributed by atoms with Gasteiger partial charge in [0.05, 0.1) is 4.92 Å². The molecular weight excluding hydrogens is 306 g/mol. The lowest BCUT2D eigenvalue weighted by Gasteiger charge is -2.00. The quantitative estimate of drug-likeness (QED) is 0.693. The van der Waals surface area contributed by atoms with E-state index in [4.69, 9.17) is 9.52 Å². The van der Waals surface area contributed by atoms with Gasteiger partial charge in [0, 0.05) is 22.2 Å². The molecule has 0 atom stereocenters. The molecule has 1 aromatic carbocycles. The second-order valence-corrected chi connectivity index (χ2v) is 4.24. The molecule has 7 heteroatoms. The topological polar surface area (TPSA) is 93.6 Å². The average molecular weight is 312 g/mol. The summed E-state index contributed by atoms with van der Waals surface area (Å²) in [5.41, 5.74) is 0.332. The number of nitrogens with zero attached hydrogens (tertiary/aromatic N) is 1. The molecule has 0 aliphatic heterocycles. The van der Waals surface area contributed by atoms with Crippen molar-refractivity contribution in [3.05, 3.63) is 50.7 Å². The molecule has 1 N–H and O–H groups in total. The maximum absolute atomic E-state index is 10.7. The lowest BCUT2D eigenvalue weighted by atomic mass is 10.1. The van der Waals surface area contributed by atoms with E-state index in [9.17, 15) is 14.9 Å². The number of aromatic carboxylic acids is 1. The molecule has 0 aliphatic carbocycles. The van der Waals surface area contributed by atoms with Gasteiger partial charge in [0.15, 0.2) is 0 Å². The van der Waals surface area contributed by atoms with E-state index < -0.39 is 10.9 Å². The number of carboxylic acids is 1. The number of benzene rings is 1. The zero-order chi connectivity index (χ0) is 13.3. The number of halogens is 1. The van der Waals surface area contributed by atoms with Gasteiger partial charge in [-0.05, 0) is 18.2 Å². The van der Waals surface area contributed by atoms with E-state index in [1.807, 2.05) is 0 Å². The van der Waals surface area contributed by atoms with Crippen molar-refractivity contribution in [1.29, 1.82) is 0 Å². The van der Waals surface area contributed by atoms with Gasteiger partial charge in [-0.15, -0.1) is 0 Å². The fourth-order valence-corrected chi connectivity index (χ4v) is 1.86. The average Bonchev–Trinajstić information content (AvgIpc) is 2.78. The van der Waals surface area contributed by atoms with Crippen LogP contribution in [0.15, 0.2) is 39.2 Å². The first-order valence-corrected chi connectivity index (χ1v) is 5.56. The minimum atomic E-state index is -1.19. The van der Waals surface area contributed by atoms with Crippen molar-refractivity contribution >= 4 is 27.6 Å². The Hall–Kier alpha value is -2.15. The van der Waals surface area contributed by atoms with E-state index in [1.54, 1.807) is 0 Å². The molecule has 0 fully saturated rings. The number of nitro groups is 1. The highest BCUT2D eigenvalue weighted by molar-refractivity contribution is 9.10. The van der Waals surface area contributed by atoms with Crippen molar-refractivity contribution in [2.24, 2.45) is 0 Å². The first-order valence-electron chi connectivity index (χ1n) is 4.76. The van der Waals surface area contributed by atoms with Crippen LogP contribution in [-0.4, -0.2) is 16.0 Å². The molecule has 2 rings (SSSR count). The molecule has 0 unspecified atom stereocenters. The fraction of sp³-hybridized carbons (Fsp3) is 0. The Bertz CT molecular complexity index is 634. The minimum Gasteiger partial charge on any atom is -0.475 e. The largest absolute Gasteiger partial charge is 0.475 e. The summed E-state index contributed by atoms with van der Waals surface area (Å²) < 4.78 is 5.68. The zero-order valence-corrected chi connectivity index (χ0v) is 10.4. The second-order valence-electron chi connectivity index (χ2n) is 3.39. The standard InChI is InChI=1S/C11H6BrNO5/c12-8-2-1-6(13(16)17)5-7(8)9-3-4-10(18-9)11(14)15/h1-5H,(H,14,15). The lowest BCUT2D eigenvalue weighted by Crippen LogP contribution is -1.92. The number of non-ortho nitro benzene ring substituents is 1. The van der Waals surface area contributed by atoms with Crippen LogP contribution < -0.4 is 0 Å². The first kappa shape index (κ1) is 12.3. The molecule has 1 heterocycles. The van der Waals surface area contributed by atoms with E-state index in [1.165, 1.54) is 30.3 Å². The monoisotopic (exact) mass is 311 g/mol. The molecule has 0 amide bonds. The fourth-order valence-electron chi connectivity index (χ4n) is 1.41. The maximum atomic E-state index is 10.7. The van der Waals surface area contributed by atoms with Crippen molar-refractivity contribution in [3.8, 4) is 11.3 Å². The van der Waals surface area contributed by atoms with Crippen LogP contribution in [0.25, 0.3) is 11.3 Å². The van der Waals surface area contributed by atoms with Gasteiger partial charge in [-0.25, -0.2) is 4.79 Å². The summed E-state index contributed by atoms with van der Waals surface area (Å²) >= 11 is 3.23. The molecule has 0 aliphatic rings. The van der Waals surface area contributed by atoms with Gasteiger partial charge in [0.2, 0.25) is 5.76 Å². The van der Waals surface area contributed by atoms with Crippen LogP contribution in [-0.2, 0) is 0 Å². The van der Waals surface area contributed by atoms with Crippen LogP contribution in [0.2, 0.25) is 0 Å². The second kappa shape index (κ2) is 4.61. The summed E-state index contributed by atoms with van der Waals surface area (Å²) in [7, 11) is 0. The molecule has 6 nitrogen and oxygen atoms in total. The van der Waals surface area contributed by atoms with Gasteiger partial charge < -0.3 is 9.52 Å². The van der Waals surface area contributed by atoms with Crippen molar-refractivity contribution in [3.63, 3.8) is 0 Å². The molecule has 92 valence electrons. The molecule has 18 heavy (non-hydrogen) atoms. The number of nitro benzene ring substituents is 1. The van der Waals surface area contributed by atoms with Gasteiger partial charge in [0.1, 0.15) is 5.76 Å². The predicted molar refractivity (Wildman–Crippen MR) is 65.5 cm³/mol. The summed E-state index contributed by atoms with van der Waals surface area (Å²) in [5, 5.41) is 19.4. The van der Waals surface area contributed by atoms with Crippen LogP contribution in [0.3, 0.4) is 0 Å². The van der Waals surface area contributed by atoms with Crippen LogP contribution in [0.1, 0.15) is 10.6 Å². The highest BCUT2D eigenvalue weighted by Gasteiger charge is 2.15. The van der Waals surface area contributed by atoms with Crippen molar-refractivity contribution in [2.75, 3.05) is 0 Å². The Labute approximate surface area is 109 Å². The Kier molecular flexibility index (Phi) is 3.15. The van der Waals surface area contributed by atoms with E-state index in [0.717, 1.165) is 0 Å². The maximum Gasteiger partial charge on any atom is 0.371 e.